The van der Waals surface area contributed by atoms with Gasteiger partial charge in [-0.2, -0.15) is 0 Å². The van der Waals surface area contributed by atoms with E-state index in [0.717, 1.165) is 44.3 Å². The molecule has 0 aliphatic carbocycles. The van der Waals surface area contributed by atoms with Crippen molar-refractivity contribution in [3.8, 4) is 11.5 Å². The molecule has 1 heterocycles. The van der Waals surface area contributed by atoms with Crippen molar-refractivity contribution in [2.75, 3.05) is 26.7 Å². The van der Waals surface area contributed by atoms with Crippen LogP contribution in [0.4, 0.5) is 0 Å². The molecule has 0 amide bonds. The van der Waals surface area contributed by atoms with E-state index < -0.39 is 6.10 Å². The SMILES string of the molecule is CCC(CCC(O)CC(CCc1ccc(O)c(OC2CCNCC2)c1)OC(C)=O)CNC(N)=NC. The van der Waals surface area contributed by atoms with Crippen LogP contribution < -0.4 is 21.1 Å². The van der Waals surface area contributed by atoms with Crippen LogP contribution in [0.2, 0.25) is 0 Å². The van der Waals surface area contributed by atoms with Crippen LogP contribution in [-0.4, -0.2) is 67.1 Å². The number of esters is 1. The van der Waals surface area contributed by atoms with Gasteiger partial charge in [-0.1, -0.05) is 19.4 Å². The number of phenols is 1. The maximum Gasteiger partial charge on any atom is 0.302 e. The number of carbonyl (C=O) groups excluding carboxylic acids is 1. The Hall–Kier alpha value is -2.52. The van der Waals surface area contributed by atoms with Crippen LogP contribution in [0.1, 0.15) is 64.4 Å². The van der Waals surface area contributed by atoms with E-state index in [2.05, 4.69) is 22.5 Å². The molecule has 0 saturated carbocycles. The van der Waals surface area contributed by atoms with Crippen LogP contribution >= 0.6 is 0 Å². The Morgan fingerprint density at radius 2 is 2.03 bits per heavy atom. The fraction of sp³-hybridized carbons (Fsp3) is 0.692. The first-order valence-electron chi connectivity index (χ1n) is 12.8. The number of phenolic OH excluding ortho intramolecular Hbond substituents is 1. The van der Waals surface area contributed by atoms with Gasteiger partial charge in [0.25, 0.3) is 0 Å². The van der Waals surface area contributed by atoms with Crippen LogP contribution in [-0.2, 0) is 16.0 Å². The van der Waals surface area contributed by atoms with E-state index >= 15 is 0 Å². The van der Waals surface area contributed by atoms with E-state index in [1.807, 2.05) is 12.1 Å². The Morgan fingerprint density at radius 3 is 2.69 bits per heavy atom. The predicted octanol–water partition coefficient (Wildman–Crippen LogP) is 2.48. The predicted molar refractivity (Wildman–Crippen MR) is 138 cm³/mol. The first-order chi connectivity index (χ1) is 16.8. The highest BCUT2D eigenvalue weighted by Gasteiger charge is 2.20. The minimum atomic E-state index is -0.566. The average molecular weight is 493 g/mol. The van der Waals surface area contributed by atoms with Crippen molar-refractivity contribution in [3.05, 3.63) is 23.8 Å². The molecule has 1 aliphatic rings. The summed E-state index contributed by atoms with van der Waals surface area (Å²) in [6, 6.07) is 5.37. The number of aliphatic imine (C=N–C) groups is 1. The van der Waals surface area contributed by atoms with E-state index in [-0.39, 0.29) is 23.9 Å². The smallest absolute Gasteiger partial charge is 0.302 e. The Balaban J connectivity index is 1.88. The summed E-state index contributed by atoms with van der Waals surface area (Å²) < 4.78 is 11.5. The number of aliphatic hydroxyl groups excluding tert-OH is 1. The van der Waals surface area contributed by atoms with Crippen molar-refractivity contribution in [1.82, 2.24) is 10.6 Å². The molecule has 1 aromatic rings. The van der Waals surface area contributed by atoms with Crippen molar-refractivity contribution in [3.63, 3.8) is 0 Å². The number of aliphatic hydroxyl groups is 1. The molecule has 35 heavy (non-hydrogen) atoms. The number of nitrogens with one attached hydrogen (secondary N) is 2. The Labute approximate surface area is 209 Å². The second kappa shape index (κ2) is 15.5. The molecular formula is C26H44N4O5. The molecule has 9 nitrogen and oxygen atoms in total. The maximum atomic E-state index is 11.7. The average Bonchev–Trinajstić information content (AvgIpc) is 2.84. The van der Waals surface area contributed by atoms with Gasteiger partial charge in [-0.05, 0) is 75.2 Å². The number of aromatic hydroxyl groups is 1. The second-order valence-corrected chi connectivity index (χ2v) is 9.37. The number of guanidine groups is 1. The van der Waals surface area contributed by atoms with E-state index in [1.54, 1.807) is 13.1 Å². The molecule has 0 radical (unpaired) electrons. The Kier molecular flexibility index (Phi) is 12.7. The zero-order chi connectivity index (χ0) is 25.6. The molecule has 1 fully saturated rings. The summed E-state index contributed by atoms with van der Waals surface area (Å²) in [4.78, 5) is 15.6. The summed E-state index contributed by atoms with van der Waals surface area (Å²) >= 11 is 0. The van der Waals surface area contributed by atoms with Gasteiger partial charge in [0, 0.05) is 26.9 Å². The second-order valence-electron chi connectivity index (χ2n) is 9.37. The molecular weight excluding hydrogens is 448 g/mol. The topological polar surface area (TPSA) is 138 Å². The van der Waals surface area contributed by atoms with Gasteiger partial charge in [0.1, 0.15) is 12.2 Å². The number of nitrogens with zero attached hydrogens (tertiary/aromatic N) is 1. The number of hydrogen-bond acceptors (Lipinski definition) is 7. The number of benzene rings is 1. The normalized spacial score (nSPS) is 17.4. The number of ether oxygens (including phenoxy) is 2. The maximum absolute atomic E-state index is 11.7. The molecule has 1 aliphatic heterocycles. The Morgan fingerprint density at radius 1 is 1.29 bits per heavy atom. The van der Waals surface area contributed by atoms with E-state index in [1.165, 1.54) is 6.92 Å². The standard InChI is InChI=1S/C26H44N4O5/c1-4-19(17-30-26(27)28-3)5-8-21(32)16-23(34-18(2)31)9-6-20-7-10-24(33)25(15-20)35-22-11-13-29-14-12-22/h7,10,15,19,21-23,29,32-33H,4-6,8-9,11-14,16-17H2,1-3H3,(H3,27,28,30). The number of carbonyl (C=O) groups is 1. The molecule has 0 spiro atoms. The van der Waals surface area contributed by atoms with Crippen LogP contribution in [0, 0.1) is 5.92 Å². The minimum Gasteiger partial charge on any atom is -0.504 e. The monoisotopic (exact) mass is 492 g/mol. The fourth-order valence-electron chi connectivity index (χ4n) is 4.32. The highest BCUT2D eigenvalue weighted by molar-refractivity contribution is 5.77. The number of piperidine rings is 1. The molecule has 3 unspecified atom stereocenters. The zero-order valence-corrected chi connectivity index (χ0v) is 21.5. The van der Waals surface area contributed by atoms with Gasteiger partial charge in [-0.3, -0.25) is 9.79 Å². The highest BCUT2D eigenvalue weighted by Crippen LogP contribution is 2.30. The fourth-order valence-corrected chi connectivity index (χ4v) is 4.32. The zero-order valence-electron chi connectivity index (χ0n) is 21.5. The van der Waals surface area contributed by atoms with Gasteiger partial charge in [0.15, 0.2) is 17.5 Å². The first kappa shape index (κ1) is 28.7. The van der Waals surface area contributed by atoms with Gasteiger partial charge in [-0.15, -0.1) is 0 Å². The van der Waals surface area contributed by atoms with Crippen LogP contribution in [0.15, 0.2) is 23.2 Å². The summed E-state index contributed by atoms with van der Waals surface area (Å²) in [6.45, 7) is 6.04. The molecule has 198 valence electrons. The molecule has 6 N–H and O–H groups in total. The van der Waals surface area contributed by atoms with Crippen LogP contribution in [0.3, 0.4) is 0 Å². The minimum absolute atomic E-state index is 0.0918. The summed E-state index contributed by atoms with van der Waals surface area (Å²) in [6.07, 6.45) is 4.99. The van der Waals surface area contributed by atoms with Crippen molar-refractivity contribution in [1.29, 1.82) is 0 Å². The molecule has 0 bridgehead atoms. The van der Waals surface area contributed by atoms with Crippen molar-refractivity contribution in [2.45, 2.75) is 83.5 Å². The molecule has 1 aromatic carbocycles. The van der Waals surface area contributed by atoms with E-state index in [9.17, 15) is 15.0 Å². The lowest BCUT2D eigenvalue weighted by Gasteiger charge is -2.24. The van der Waals surface area contributed by atoms with Gasteiger partial charge >= 0.3 is 5.97 Å². The van der Waals surface area contributed by atoms with E-state index in [0.29, 0.717) is 49.9 Å². The number of aryl methyl sites for hydroxylation is 1. The lowest BCUT2D eigenvalue weighted by Crippen LogP contribution is -2.35. The van der Waals surface area contributed by atoms with Gasteiger partial charge < -0.3 is 36.1 Å². The lowest BCUT2D eigenvalue weighted by molar-refractivity contribution is -0.148. The number of hydrogen-bond donors (Lipinski definition) is 5. The lowest BCUT2D eigenvalue weighted by atomic mass is 9.95. The van der Waals surface area contributed by atoms with Crippen molar-refractivity contribution >= 4 is 11.9 Å². The quantitative estimate of drug-likeness (QED) is 0.152. The Bertz CT molecular complexity index is 798. The largest absolute Gasteiger partial charge is 0.504 e. The summed E-state index contributed by atoms with van der Waals surface area (Å²) in [5.41, 5.74) is 6.70. The molecule has 2 rings (SSSR count). The summed E-state index contributed by atoms with van der Waals surface area (Å²) in [5, 5.41) is 27.3. The molecule has 0 aromatic heterocycles. The third kappa shape index (κ3) is 11.2. The molecule has 9 heteroatoms. The number of nitrogens with two attached hydrogens (primary N) is 1. The van der Waals surface area contributed by atoms with Crippen LogP contribution in [0.25, 0.3) is 0 Å². The highest BCUT2D eigenvalue weighted by atomic mass is 16.5. The number of rotatable bonds is 14. The third-order valence-electron chi connectivity index (χ3n) is 6.52. The van der Waals surface area contributed by atoms with Gasteiger partial charge in [-0.25, -0.2) is 0 Å². The molecule has 1 saturated heterocycles. The van der Waals surface area contributed by atoms with Crippen LogP contribution in [0.5, 0.6) is 11.5 Å². The van der Waals surface area contributed by atoms with Crippen molar-refractivity contribution < 1.29 is 24.5 Å². The van der Waals surface area contributed by atoms with E-state index in [4.69, 9.17) is 15.2 Å². The van der Waals surface area contributed by atoms with Gasteiger partial charge in [0.05, 0.1) is 6.10 Å². The van der Waals surface area contributed by atoms with Crippen molar-refractivity contribution in [2.24, 2.45) is 16.6 Å². The first-order valence-corrected chi connectivity index (χ1v) is 12.8. The third-order valence-corrected chi connectivity index (χ3v) is 6.52. The van der Waals surface area contributed by atoms with Gasteiger partial charge in [0.2, 0.25) is 0 Å². The summed E-state index contributed by atoms with van der Waals surface area (Å²) in [5.74, 6) is 1.05. The summed E-state index contributed by atoms with van der Waals surface area (Å²) in [7, 11) is 1.64. The molecule has 3 atom stereocenters.